The SMILES string of the molecule is CCOC(=O)Cn1cnc2c(cnn2-c2ccc(F)cc2)c1=O. The fourth-order valence-corrected chi connectivity index (χ4v) is 2.18. The third-order valence-electron chi connectivity index (χ3n) is 3.23. The van der Waals surface area contributed by atoms with Crippen LogP contribution in [0.2, 0.25) is 0 Å². The van der Waals surface area contributed by atoms with Crippen molar-refractivity contribution in [1.29, 1.82) is 0 Å². The van der Waals surface area contributed by atoms with Crippen LogP contribution in [0.1, 0.15) is 6.92 Å². The zero-order valence-corrected chi connectivity index (χ0v) is 12.3. The van der Waals surface area contributed by atoms with Gasteiger partial charge in [0.1, 0.15) is 24.1 Å². The summed E-state index contributed by atoms with van der Waals surface area (Å²) in [5, 5.41) is 4.38. The van der Waals surface area contributed by atoms with E-state index in [1.165, 1.54) is 41.5 Å². The van der Waals surface area contributed by atoms with Crippen molar-refractivity contribution >= 4 is 17.0 Å². The van der Waals surface area contributed by atoms with Crippen LogP contribution in [-0.4, -0.2) is 31.9 Å². The Kier molecular flexibility index (Phi) is 3.88. The summed E-state index contributed by atoms with van der Waals surface area (Å²) in [4.78, 5) is 28.0. The summed E-state index contributed by atoms with van der Waals surface area (Å²) in [5.41, 5.74) is 0.523. The maximum absolute atomic E-state index is 13.0. The molecule has 2 heterocycles. The van der Waals surface area contributed by atoms with Gasteiger partial charge in [0.2, 0.25) is 0 Å². The largest absolute Gasteiger partial charge is 0.465 e. The number of carbonyl (C=O) groups is 1. The van der Waals surface area contributed by atoms with E-state index in [4.69, 9.17) is 4.74 Å². The first-order chi connectivity index (χ1) is 11.1. The maximum atomic E-state index is 13.0. The Labute approximate surface area is 129 Å². The lowest BCUT2D eigenvalue weighted by atomic mass is 10.3. The zero-order valence-electron chi connectivity index (χ0n) is 12.3. The lowest BCUT2D eigenvalue weighted by Crippen LogP contribution is -2.25. The van der Waals surface area contributed by atoms with E-state index in [1.807, 2.05) is 0 Å². The minimum absolute atomic E-state index is 0.211. The van der Waals surface area contributed by atoms with Gasteiger partial charge in [-0.3, -0.25) is 14.2 Å². The normalized spacial score (nSPS) is 10.9. The van der Waals surface area contributed by atoms with Crippen LogP contribution in [0.25, 0.3) is 16.7 Å². The number of hydrogen-bond acceptors (Lipinski definition) is 5. The van der Waals surface area contributed by atoms with Gasteiger partial charge in [-0.05, 0) is 31.2 Å². The second-order valence-corrected chi connectivity index (χ2v) is 4.75. The minimum atomic E-state index is -0.512. The molecule has 7 nitrogen and oxygen atoms in total. The standard InChI is InChI=1S/C15H13FN4O3/c1-2-23-13(21)8-19-9-17-14-12(15(19)22)7-18-20(14)11-5-3-10(16)4-6-11/h3-7,9H,2,8H2,1H3. The van der Waals surface area contributed by atoms with Gasteiger partial charge >= 0.3 is 5.97 Å². The van der Waals surface area contributed by atoms with Crippen LogP contribution in [0.4, 0.5) is 4.39 Å². The molecule has 8 heteroatoms. The van der Waals surface area contributed by atoms with Gasteiger partial charge in [0.15, 0.2) is 5.65 Å². The number of benzene rings is 1. The predicted octanol–water partition coefficient (Wildman–Crippen LogP) is 1.28. The van der Waals surface area contributed by atoms with Gasteiger partial charge in [-0.25, -0.2) is 14.1 Å². The highest BCUT2D eigenvalue weighted by Crippen LogP contribution is 2.14. The zero-order chi connectivity index (χ0) is 16.4. The molecular weight excluding hydrogens is 303 g/mol. The van der Waals surface area contributed by atoms with E-state index < -0.39 is 11.5 Å². The van der Waals surface area contributed by atoms with Gasteiger partial charge in [0, 0.05) is 0 Å². The van der Waals surface area contributed by atoms with Crippen LogP contribution in [-0.2, 0) is 16.1 Å². The molecule has 1 aromatic carbocycles. The highest BCUT2D eigenvalue weighted by atomic mass is 19.1. The fourth-order valence-electron chi connectivity index (χ4n) is 2.18. The van der Waals surface area contributed by atoms with Gasteiger partial charge in [-0.2, -0.15) is 5.10 Å². The molecule has 0 aliphatic heterocycles. The molecule has 0 bridgehead atoms. The number of ether oxygens (including phenoxy) is 1. The number of rotatable bonds is 4. The quantitative estimate of drug-likeness (QED) is 0.678. The molecule has 0 unspecified atom stereocenters. The first-order valence-corrected chi connectivity index (χ1v) is 6.95. The molecule has 3 rings (SSSR count). The molecule has 23 heavy (non-hydrogen) atoms. The van der Waals surface area contributed by atoms with Crippen molar-refractivity contribution < 1.29 is 13.9 Å². The number of halogens is 1. The van der Waals surface area contributed by atoms with E-state index in [0.717, 1.165) is 4.57 Å². The summed E-state index contributed by atoms with van der Waals surface area (Å²) < 4.78 is 20.4. The molecule has 0 aliphatic carbocycles. The molecule has 0 fully saturated rings. The number of carbonyl (C=O) groups excluding carboxylic acids is 1. The van der Waals surface area contributed by atoms with Gasteiger partial charge in [0.05, 0.1) is 18.5 Å². The second kappa shape index (κ2) is 5.99. The highest BCUT2D eigenvalue weighted by molar-refractivity contribution is 5.75. The maximum Gasteiger partial charge on any atom is 0.326 e. The Morgan fingerprint density at radius 2 is 2.04 bits per heavy atom. The van der Waals surface area contributed by atoms with Gasteiger partial charge in [0.25, 0.3) is 5.56 Å². The van der Waals surface area contributed by atoms with Crippen molar-refractivity contribution in [1.82, 2.24) is 19.3 Å². The molecule has 0 atom stereocenters. The van der Waals surface area contributed by atoms with Crippen molar-refractivity contribution in [2.75, 3.05) is 6.61 Å². The lowest BCUT2D eigenvalue weighted by molar-refractivity contribution is -0.143. The summed E-state index contributed by atoms with van der Waals surface area (Å²) in [7, 11) is 0. The Hall–Kier alpha value is -3.03. The van der Waals surface area contributed by atoms with Crippen molar-refractivity contribution in [2.45, 2.75) is 13.5 Å². The smallest absolute Gasteiger partial charge is 0.326 e. The Morgan fingerprint density at radius 1 is 1.30 bits per heavy atom. The van der Waals surface area contributed by atoms with E-state index in [0.29, 0.717) is 11.3 Å². The first-order valence-electron chi connectivity index (χ1n) is 6.95. The molecule has 0 saturated heterocycles. The number of hydrogen-bond donors (Lipinski definition) is 0. The van der Waals surface area contributed by atoms with Crippen molar-refractivity contribution in [3.63, 3.8) is 0 Å². The molecule has 118 valence electrons. The lowest BCUT2D eigenvalue weighted by Gasteiger charge is -2.06. The van der Waals surface area contributed by atoms with Crippen LogP contribution >= 0.6 is 0 Å². The Balaban J connectivity index is 2.02. The van der Waals surface area contributed by atoms with Crippen molar-refractivity contribution in [3.8, 4) is 5.69 Å². The van der Waals surface area contributed by atoms with Gasteiger partial charge in [-0.1, -0.05) is 0 Å². The third-order valence-corrected chi connectivity index (χ3v) is 3.23. The molecule has 2 aromatic heterocycles. The average Bonchev–Trinajstić information content (AvgIpc) is 2.96. The second-order valence-electron chi connectivity index (χ2n) is 4.75. The molecule has 3 aromatic rings. The van der Waals surface area contributed by atoms with E-state index in [1.54, 1.807) is 6.92 Å². The molecule has 0 radical (unpaired) electrons. The number of fused-ring (bicyclic) bond motifs is 1. The Bertz CT molecular complexity index is 915. The molecule has 0 saturated carbocycles. The summed E-state index contributed by atoms with van der Waals surface area (Å²) in [6, 6.07) is 5.66. The van der Waals surface area contributed by atoms with Gasteiger partial charge in [-0.15, -0.1) is 0 Å². The molecule has 0 N–H and O–H groups in total. The van der Waals surface area contributed by atoms with Gasteiger partial charge < -0.3 is 4.74 Å². The van der Waals surface area contributed by atoms with Crippen molar-refractivity contribution in [2.24, 2.45) is 0 Å². The monoisotopic (exact) mass is 316 g/mol. The number of esters is 1. The van der Waals surface area contributed by atoms with Crippen LogP contribution in [0.3, 0.4) is 0 Å². The highest BCUT2D eigenvalue weighted by Gasteiger charge is 2.13. The van der Waals surface area contributed by atoms with E-state index >= 15 is 0 Å². The van der Waals surface area contributed by atoms with E-state index in [2.05, 4.69) is 10.1 Å². The molecule has 0 spiro atoms. The van der Waals surface area contributed by atoms with Crippen LogP contribution in [0, 0.1) is 5.82 Å². The summed E-state index contributed by atoms with van der Waals surface area (Å²) in [6.07, 6.45) is 2.64. The summed E-state index contributed by atoms with van der Waals surface area (Å²) >= 11 is 0. The van der Waals surface area contributed by atoms with Crippen LogP contribution in [0.15, 0.2) is 41.6 Å². The summed E-state index contributed by atoms with van der Waals surface area (Å²) in [5.74, 6) is -0.878. The Morgan fingerprint density at radius 3 is 2.74 bits per heavy atom. The van der Waals surface area contributed by atoms with Crippen molar-refractivity contribution in [3.05, 3.63) is 53.0 Å². The summed E-state index contributed by atoms with van der Waals surface area (Å²) in [6.45, 7) is 1.72. The molecule has 0 amide bonds. The number of nitrogens with zero attached hydrogens (tertiary/aromatic N) is 4. The van der Waals surface area contributed by atoms with Crippen LogP contribution < -0.4 is 5.56 Å². The predicted molar refractivity (Wildman–Crippen MR) is 79.7 cm³/mol. The average molecular weight is 316 g/mol. The molecular formula is C15H13FN4O3. The van der Waals surface area contributed by atoms with Crippen LogP contribution in [0.5, 0.6) is 0 Å². The topological polar surface area (TPSA) is 79.0 Å². The van der Waals surface area contributed by atoms with E-state index in [9.17, 15) is 14.0 Å². The number of aromatic nitrogens is 4. The fraction of sp³-hybridized carbons (Fsp3) is 0.200. The first kappa shape index (κ1) is 14.9. The third kappa shape index (κ3) is 2.83. The minimum Gasteiger partial charge on any atom is -0.465 e. The molecule has 0 aliphatic rings. The van der Waals surface area contributed by atoms with E-state index in [-0.39, 0.29) is 24.4 Å².